The molecule has 29 heavy (non-hydrogen) atoms. The van der Waals surface area contributed by atoms with Gasteiger partial charge in [0.1, 0.15) is 0 Å². The molecule has 1 aliphatic carbocycles. The van der Waals surface area contributed by atoms with E-state index in [1.54, 1.807) is 0 Å². The molecule has 2 aromatic carbocycles. The van der Waals surface area contributed by atoms with E-state index in [0.717, 1.165) is 30.6 Å². The second kappa shape index (κ2) is 9.00. The Hall–Kier alpha value is -2.33. The van der Waals surface area contributed by atoms with Gasteiger partial charge in [-0.1, -0.05) is 31.2 Å². The fourth-order valence-electron chi connectivity index (χ4n) is 4.73. The molecule has 1 aliphatic heterocycles. The standard InChI is InChI=1S/C25H32N2O2/c1-19-3-11-23(12-4-19)26-15-17-27(18-16-26)24-13-9-21(10-14-24)20-5-7-22(8-6-20)25(28)29-2/h5-10,13-14,19,23H,3-4,11-12,15-18H2,1-2H3. The first-order valence-corrected chi connectivity index (χ1v) is 10.9. The summed E-state index contributed by atoms with van der Waals surface area (Å²) in [6.45, 7) is 6.97. The topological polar surface area (TPSA) is 32.8 Å². The van der Waals surface area contributed by atoms with Crippen molar-refractivity contribution in [2.24, 2.45) is 5.92 Å². The summed E-state index contributed by atoms with van der Waals surface area (Å²) >= 11 is 0. The molecule has 0 bridgehead atoms. The maximum atomic E-state index is 11.6. The number of nitrogens with zero attached hydrogens (tertiary/aromatic N) is 2. The van der Waals surface area contributed by atoms with Gasteiger partial charge in [-0.25, -0.2) is 4.79 Å². The van der Waals surface area contributed by atoms with Gasteiger partial charge in [0.25, 0.3) is 0 Å². The Morgan fingerprint density at radius 3 is 1.93 bits per heavy atom. The highest BCUT2D eigenvalue weighted by Crippen LogP contribution is 2.29. The second-order valence-corrected chi connectivity index (χ2v) is 8.55. The molecular formula is C25H32N2O2. The second-order valence-electron chi connectivity index (χ2n) is 8.55. The van der Waals surface area contributed by atoms with Gasteiger partial charge in [-0.15, -0.1) is 0 Å². The number of carbonyl (C=O) groups excluding carboxylic acids is 1. The van der Waals surface area contributed by atoms with Crippen LogP contribution in [0.15, 0.2) is 48.5 Å². The minimum atomic E-state index is -0.297. The van der Waals surface area contributed by atoms with Crippen LogP contribution in [0.5, 0.6) is 0 Å². The van der Waals surface area contributed by atoms with Crippen LogP contribution in [0, 0.1) is 5.92 Å². The Labute approximate surface area is 174 Å². The number of anilines is 1. The number of methoxy groups -OCH3 is 1. The van der Waals surface area contributed by atoms with Crippen molar-refractivity contribution in [2.75, 3.05) is 38.2 Å². The molecule has 1 saturated carbocycles. The van der Waals surface area contributed by atoms with Gasteiger partial charge in [0.05, 0.1) is 12.7 Å². The number of hydrogen-bond acceptors (Lipinski definition) is 4. The largest absolute Gasteiger partial charge is 0.465 e. The molecule has 1 saturated heterocycles. The molecule has 154 valence electrons. The van der Waals surface area contributed by atoms with Crippen LogP contribution in [0.1, 0.15) is 43.0 Å². The maximum absolute atomic E-state index is 11.6. The van der Waals surface area contributed by atoms with E-state index in [1.165, 1.54) is 57.1 Å². The summed E-state index contributed by atoms with van der Waals surface area (Å²) < 4.78 is 4.77. The predicted octanol–water partition coefficient (Wildman–Crippen LogP) is 4.84. The highest BCUT2D eigenvalue weighted by molar-refractivity contribution is 5.90. The molecule has 2 aliphatic rings. The van der Waals surface area contributed by atoms with Crippen LogP contribution in [-0.4, -0.2) is 50.2 Å². The van der Waals surface area contributed by atoms with Crippen LogP contribution in [0.25, 0.3) is 11.1 Å². The summed E-state index contributed by atoms with van der Waals surface area (Å²) in [6.07, 6.45) is 5.55. The Balaban J connectivity index is 1.34. The average Bonchev–Trinajstić information content (AvgIpc) is 2.79. The lowest BCUT2D eigenvalue weighted by Gasteiger charge is -2.42. The normalized spacial score (nSPS) is 23.0. The fraction of sp³-hybridized carbons (Fsp3) is 0.480. The summed E-state index contributed by atoms with van der Waals surface area (Å²) in [5.41, 5.74) is 4.16. The Bertz CT molecular complexity index is 800. The lowest BCUT2D eigenvalue weighted by molar-refractivity contribution is 0.0601. The molecule has 0 atom stereocenters. The summed E-state index contributed by atoms with van der Waals surface area (Å²) in [7, 11) is 1.41. The van der Waals surface area contributed by atoms with Gasteiger partial charge in [0.2, 0.25) is 0 Å². The molecule has 0 aromatic heterocycles. The van der Waals surface area contributed by atoms with Crippen molar-refractivity contribution >= 4 is 11.7 Å². The fourth-order valence-corrected chi connectivity index (χ4v) is 4.73. The summed E-state index contributed by atoms with van der Waals surface area (Å²) in [5.74, 6) is 0.622. The van der Waals surface area contributed by atoms with Gasteiger partial charge in [0, 0.05) is 37.9 Å². The van der Waals surface area contributed by atoms with E-state index >= 15 is 0 Å². The molecule has 4 heteroatoms. The van der Waals surface area contributed by atoms with E-state index in [1.807, 2.05) is 24.3 Å². The zero-order valence-corrected chi connectivity index (χ0v) is 17.6. The van der Waals surface area contributed by atoms with E-state index in [0.29, 0.717) is 5.56 Å². The van der Waals surface area contributed by atoms with Gasteiger partial charge in [-0.2, -0.15) is 0 Å². The van der Waals surface area contributed by atoms with E-state index < -0.39 is 0 Å². The van der Waals surface area contributed by atoms with E-state index in [-0.39, 0.29) is 5.97 Å². The van der Waals surface area contributed by atoms with Gasteiger partial charge in [0.15, 0.2) is 0 Å². The Kier molecular flexibility index (Phi) is 6.19. The number of hydrogen-bond donors (Lipinski definition) is 0. The summed E-state index contributed by atoms with van der Waals surface area (Å²) in [6, 6.07) is 17.2. The summed E-state index contributed by atoms with van der Waals surface area (Å²) in [5, 5.41) is 0. The molecule has 0 spiro atoms. The lowest BCUT2D eigenvalue weighted by atomic mass is 9.86. The summed E-state index contributed by atoms with van der Waals surface area (Å²) in [4.78, 5) is 16.8. The van der Waals surface area contributed by atoms with Gasteiger partial charge < -0.3 is 9.64 Å². The van der Waals surface area contributed by atoms with Gasteiger partial charge in [-0.3, -0.25) is 4.90 Å². The van der Waals surface area contributed by atoms with Gasteiger partial charge in [-0.05, 0) is 67.0 Å². The molecule has 2 aromatic rings. The van der Waals surface area contributed by atoms with Crippen molar-refractivity contribution < 1.29 is 9.53 Å². The monoisotopic (exact) mass is 392 g/mol. The molecule has 4 rings (SSSR count). The number of rotatable bonds is 4. The van der Waals surface area contributed by atoms with Crippen LogP contribution in [0.3, 0.4) is 0 Å². The zero-order chi connectivity index (χ0) is 20.2. The molecule has 0 unspecified atom stereocenters. The molecular weight excluding hydrogens is 360 g/mol. The Morgan fingerprint density at radius 1 is 0.828 bits per heavy atom. The smallest absolute Gasteiger partial charge is 0.337 e. The highest BCUT2D eigenvalue weighted by atomic mass is 16.5. The predicted molar refractivity (Wildman–Crippen MR) is 118 cm³/mol. The first-order valence-electron chi connectivity index (χ1n) is 10.9. The lowest BCUT2D eigenvalue weighted by Crippen LogP contribution is -2.51. The Morgan fingerprint density at radius 2 is 1.38 bits per heavy atom. The first-order chi connectivity index (χ1) is 14.1. The molecule has 0 N–H and O–H groups in total. The van der Waals surface area contributed by atoms with Crippen molar-refractivity contribution in [3.05, 3.63) is 54.1 Å². The third-order valence-corrected chi connectivity index (χ3v) is 6.69. The highest BCUT2D eigenvalue weighted by Gasteiger charge is 2.27. The van der Waals surface area contributed by atoms with Crippen molar-refractivity contribution in [3.63, 3.8) is 0 Å². The minimum Gasteiger partial charge on any atom is -0.465 e. The third-order valence-electron chi connectivity index (χ3n) is 6.69. The first kappa shape index (κ1) is 20.0. The van der Waals surface area contributed by atoms with Crippen LogP contribution in [0.2, 0.25) is 0 Å². The molecule has 4 nitrogen and oxygen atoms in total. The molecule has 0 radical (unpaired) electrons. The number of piperazine rings is 1. The number of benzene rings is 2. The number of esters is 1. The quantitative estimate of drug-likeness (QED) is 0.697. The van der Waals surface area contributed by atoms with Crippen LogP contribution in [0.4, 0.5) is 5.69 Å². The van der Waals surface area contributed by atoms with Crippen LogP contribution in [-0.2, 0) is 4.74 Å². The molecule has 1 heterocycles. The SMILES string of the molecule is COC(=O)c1ccc(-c2ccc(N3CCN(C4CCC(C)CC4)CC3)cc2)cc1. The van der Waals surface area contributed by atoms with Crippen LogP contribution >= 0.6 is 0 Å². The van der Waals surface area contributed by atoms with Crippen LogP contribution < -0.4 is 4.90 Å². The van der Waals surface area contributed by atoms with E-state index in [4.69, 9.17) is 4.74 Å². The minimum absolute atomic E-state index is 0.297. The molecule has 0 amide bonds. The molecule has 2 fully saturated rings. The van der Waals surface area contributed by atoms with Gasteiger partial charge >= 0.3 is 5.97 Å². The van der Waals surface area contributed by atoms with Crippen molar-refractivity contribution in [3.8, 4) is 11.1 Å². The number of ether oxygens (including phenoxy) is 1. The van der Waals surface area contributed by atoms with Crippen molar-refractivity contribution in [2.45, 2.75) is 38.6 Å². The van der Waals surface area contributed by atoms with Crippen molar-refractivity contribution in [1.82, 2.24) is 4.90 Å². The average molecular weight is 393 g/mol. The number of carbonyl (C=O) groups is 1. The van der Waals surface area contributed by atoms with Crippen molar-refractivity contribution in [1.29, 1.82) is 0 Å². The maximum Gasteiger partial charge on any atom is 0.337 e. The third kappa shape index (κ3) is 4.64. The van der Waals surface area contributed by atoms with E-state index in [2.05, 4.69) is 41.0 Å². The zero-order valence-electron chi connectivity index (χ0n) is 17.6. The van der Waals surface area contributed by atoms with E-state index in [9.17, 15) is 4.79 Å².